The van der Waals surface area contributed by atoms with E-state index in [2.05, 4.69) is 17.5 Å². The molecule has 0 heterocycles. The van der Waals surface area contributed by atoms with Crippen LogP contribution < -0.4 is 21.3 Å². The maximum atomic E-state index is 11.4. The van der Waals surface area contributed by atoms with Crippen molar-refractivity contribution in [2.24, 2.45) is 16.0 Å². The number of hydrogen-bond donors (Lipinski definition) is 4. The van der Waals surface area contributed by atoms with Crippen LogP contribution >= 0.6 is 23.8 Å². The van der Waals surface area contributed by atoms with Crippen molar-refractivity contribution in [3.8, 4) is 0 Å². The van der Waals surface area contributed by atoms with Crippen LogP contribution in [0.3, 0.4) is 0 Å². The second kappa shape index (κ2) is 5.19. The number of thiocarbonyl (C=S) groups is 1. The summed E-state index contributed by atoms with van der Waals surface area (Å²) in [5, 5.41) is 11.7. The Labute approximate surface area is 120 Å². The van der Waals surface area contributed by atoms with E-state index < -0.39 is 29.8 Å². The molecule has 0 aliphatic carbocycles. The fraction of sp³-hybridized carbons (Fsp3) is 0. The van der Waals surface area contributed by atoms with Crippen molar-refractivity contribution in [1.29, 1.82) is 0 Å². The Bertz CT molecular complexity index is 744. The third kappa shape index (κ3) is 3.99. The van der Waals surface area contributed by atoms with Crippen molar-refractivity contribution >= 4 is 54.7 Å². The molecule has 0 saturated carbocycles. The van der Waals surface area contributed by atoms with E-state index in [1.54, 1.807) is 0 Å². The first-order chi connectivity index (χ1) is 8.43. The maximum absolute atomic E-state index is 11.4. The molecule has 8 nitrogen and oxygen atoms in total. The van der Waals surface area contributed by atoms with Crippen molar-refractivity contribution < 1.29 is 16.8 Å². The largest absolute Gasteiger partial charge is 0.376 e. The molecule has 0 aliphatic heterocycles. The van der Waals surface area contributed by atoms with Crippen LogP contribution in [0.4, 0.5) is 5.69 Å². The standard InChI is InChI=1S/C7H9ClN4O4S3/c8-3-1-4(12-7(9)17)6(19(11,15)16)2-5(3)18(10,13)14/h1-2H,(H3,9,12,17)(H2,10,13,14)(H2,11,15,16). The summed E-state index contributed by atoms with van der Waals surface area (Å²) in [6, 6.07) is 1.73. The molecule has 0 radical (unpaired) electrons. The van der Waals surface area contributed by atoms with Gasteiger partial charge in [0.1, 0.15) is 9.79 Å². The smallest absolute Gasteiger partial charge is 0.240 e. The molecular formula is C7H9ClN4O4S3. The van der Waals surface area contributed by atoms with E-state index in [9.17, 15) is 16.8 Å². The Hall–Kier alpha value is -0.980. The van der Waals surface area contributed by atoms with Crippen LogP contribution in [0.25, 0.3) is 0 Å². The van der Waals surface area contributed by atoms with Gasteiger partial charge in [0.2, 0.25) is 20.0 Å². The number of hydrogen-bond acceptors (Lipinski definition) is 5. The van der Waals surface area contributed by atoms with Crippen molar-refractivity contribution in [1.82, 2.24) is 0 Å². The Morgan fingerprint density at radius 3 is 1.95 bits per heavy atom. The second-order valence-corrected chi connectivity index (χ2v) is 7.26. The summed E-state index contributed by atoms with van der Waals surface area (Å²) in [7, 11) is -8.44. The maximum Gasteiger partial charge on any atom is 0.240 e. The molecule has 1 aromatic carbocycles. The van der Waals surface area contributed by atoms with Crippen molar-refractivity contribution in [2.45, 2.75) is 9.79 Å². The van der Waals surface area contributed by atoms with E-state index in [0.29, 0.717) is 0 Å². The zero-order valence-electron chi connectivity index (χ0n) is 9.12. The van der Waals surface area contributed by atoms with Gasteiger partial charge < -0.3 is 11.1 Å². The highest BCUT2D eigenvalue weighted by Gasteiger charge is 2.22. The summed E-state index contributed by atoms with van der Waals surface area (Å²) >= 11 is 10.3. The number of rotatable bonds is 3. The summed E-state index contributed by atoms with van der Waals surface area (Å²) in [5.74, 6) is 0. The lowest BCUT2D eigenvalue weighted by atomic mass is 10.3. The highest BCUT2D eigenvalue weighted by Crippen LogP contribution is 2.30. The van der Waals surface area contributed by atoms with E-state index in [1.165, 1.54) is 0 Å². The van der Waals surface area contributed by atoms with E-state index in [4.69, 9.17) is 27.6 Å². The minimum Gasteiger partial charge on any atom is -0.376 e. The molecular weight excluding hydrogens is 336 g/mol. The number of halogens is 1. The molecule has 0 aromatic heterocycles. The number of primary sulfonamides is 2. The Morgan fingerprint density at radius 2 is 1.58 bits per heavy atom. The molecule has 0 aliphatic rings. The van der Waals surface area contributed by atoms with Crippen LogP contribution in [0.1, 0.15) is 0 Å². The van der Waals surface area contributed by atoms with Gasteiger partial charge in [-0.25, -0.2) is 27.1 Å². The van der Waals surface area contributed by atoms with Gasteiger partial charge in [0.15, 0.2) is 5.11 Å². The second-order valence-electron chi connectivity index (χ2n) is 3.36. The Balaban J connectivity index is 3.70. The third-order valence-corrected chi connectivity index (χ3v) is 4.33. The molecule has 0 spiro atoms. The fourth-order valence-corrected chi connectivity index (χ4v) is 3.20. The number of nitrogens with one attached hydrogen (secondary N) is 1. The Morgan fingerprint density at radius 1 is 1.11 bits per heavy atom. The summed E-state index contributed by atoms with van der Waals surface area (Å²) < 4.78 is 45.3. The van der Waals surface area contributed by atoms with Gasteiger partial charge >= 0.3 is 0 Å². The van der Waals surface area contributed by atoms with Crippen LogP contribution in [-0.2, 0) is 20.0 Å². The summed E-state index contributed by atoms with van der Waals surface area (Å²) in [6.45, 7) is 0. The van der Waals surface area contributed by atoms with Gasteiger partial charge in [0, 0.05) is 0 Å². The highest BCUT2D eigenvalue weighted by atomic mass is 35.5. The van der Waals surface area contributed by atoms with Crippen molar-refractivity contribution in [3.63, 3.8) is 0 Å². The quantitative estimate of drug-likeness (QED) is 0.527. The SMILES string of the molecule is NC(=S)Nc1cc(Cl)c(S(N)(=O)=O)cc1S(N)(=O)=O. The molecule has 19 heavy (non-hydrogen) atoms. The average Bonchev–Trinajstić information content (AvgIpc) is 2.11. The lowest BCUT2D eigenvalue weighted by Gasteiger charge is -2.12. The zero-order chi connectivity index (χ0) is 15.0. The van der Waals surface area contributed by atoms with E-state index in [1.807, 2.05) is 0 Å². The van der Waals surface area contributed by atoms with Gasteiger partial charge in [0.25, 0.3) is 0 Å². The van der Waals surface area contributed by atoms with Gasteiger partial charge in [-0.3, -0.25) is 0 Å². The summed E-state index contributed by atoms with van der Waals surface area (Å²) in [5.41, 5.74) is 5.06. The lowest BCUT2D eigenvalue weighted by molar-refractivity contribution is 0.596. The highest BCUT2D eigenvalue weighted by molar-refractivity contribution is 7.90. The van der Waals surface area contributed by atoms with Gasteiger partial charge in [-0.05, 0) is 24.4 Å². The van der Waals surface area contributed by atoms with Gasteiger partial charge in [0.05, 0.1) is 10.7 Å². The molecule has 1 aromatic rings. The normalized spacial score (nSPS) is 12.2. The number of anilines is 1. The average molecular weight is 345 g/mol. The molecule has 0 amide bonds. The molecule has 0 atom stereocenters. The van der Waals surface area contributed by atoms with E-state index in [-0.39, 0.29) is 15.8 Å². The summed E-state index contributed by atoms with van der Waals surface area (Å²) in [4.78, 5) is -1.12. The first kappa shape index (κ1) is 16.1. The molecule has 0 bridgehead atoms. The minimum absolute atomic E-state index is 0.146. The van der Waals surface area contributed by atoms with Gasteiger partial charge in [-0.2, -0.15) is 0 Å². The predicted octanol–water partition coefficient (Wildman–Crippen LogP) is -0.710. The molecule has 0 saturated heterocycles. The zero-order valence-corrected chi connectivity index (χ0v) is 12.3. The van der Waals surface area contributed by atoms with Crippen LogP contribution in [0.15, 0.2) is 21.9 Å². The van der Waals surface area contributed by atoms with Crippen LogP contribution in [-0.4, -0.2) is 21.9 Å². The molecule has 0 unspecified atom stereocenters. The Kier molecular flexibility index (Phi) is 4.39. The number of benzene rings is 1. The van der Waals surface area contributed by atoms with Crippen LogP contribution in [0.5, 0.6) is 0 Å². The molecule has 1 rings (SSSR count). The minimum atomic E-state index is -4.23. The van der Waals surface area contributed by atoms with E-state index >= 15 is 0 Å². The number of nitrogens with two attached hydrogens (primary N) is 3. The third-order valence-electron chi connectivity index (χ3n) is 1.91. The topological polar surface area (TPSA) is 158 Å². The number of sulfonamides is 2. The first-order valence-corrected chi connectivity index (χ1v) is 8.26. The lowest BCUT2D eigenvalue weighted by Crippen LogP contribution is -2.23. The summed E-state index contributed by atoms with van der Waals surface area (Å²) in [6.07, 6.45) is 0. The van der Waals surface area contributed by atoms with Gasteiger partial charge in [-0.1, -0.05) is 11.6 Å². The van der Waals surface area contributed by atoms with Crippen LogP contribution in [0, 0.1) is 0 Å². The molecule has 12 heteroatoms. The molecule has 0 fully saturated rings. The molecule has 7 N–H and O–H groups in total. The first-order valence-electron chi connectivity index (χ1n) is 4.38. The van der Waals surface area contributed by atoms with Gasteiger partial charge in [-0.15, -0.1) is 0 Å². The van der Waals surface area contributed by atoms with Crippen molar-refractivity contribution in [2.75, 3.05) is 5.32 Å². The van der Waals surface area contributed by atoms with E-state index in [0.717, 1.165) is 12.1 Å². The molecule has 106 valence electrons. The van der Waals surface area contributed by atoms with Crippen LogP contribution in [0.2, 0.25) is 5.02 Å². The fourth-order valence-electron chi connectivity index (χ4n) is 1.22. The predicted molar refractivity (Wildman–Crippen MR) is 74.6 cm³/mol. The monoisotopic (exact) mass is 344 g/mol. The van der Waals surface area contributed by atoms with Crippen molar-refractivity contribution in [3.05, 3.63) is 17.2 Å².